The lowest BCUT2D eigenvalue weighted by molar-refractivity contribution is -0.159. The molecule has 0 amide bonds. The van der Waals surface area contributed by atoms with Crippen LogP contribution < -0.4 is 0 Å². The van der Waals surface area contributed by atoms with Crippen molar-refractivity contribution in [1.82, 2.24) is 0 Å². The molecule has 4 rings (SSSR count). The second-order valence-electron chi connectivity index (χ2n) is 10.7. The molecule has 0 N–H and O–H groups in total. The largest absolute Gasteiger partial charge is 0.462 e. The van der Waals surface area contributed by atoms with Crippen molar-refractivity contribution < 1.29 is 14.3 Å². The van der Waals surface area contributed by atoms with Gasteiger partial charge in [-0.1, -0.05) is 25.5 Å². The maximum atomic E-state index is 12.2. The van der Waals surface area contributed by atoms with Gasteiger partial charge in [-0.05, 0) is 93.0 Å². The second-order valence-corrected chi connectivity index (χ2v) is 10.7. The lowest BCUT2D eigenvalue weighted by atomic mass is 9.44. The van der Waals surface area contributed by atoms with Gasteiger partial charge in [0.2, 0.25) is 0 Å². The Morgan fingerprint density at radius 3 is 2.76 bits per heavy atom. The molecule has 3 fully saturated rings. The normalized spacial score (nSPS) is 43.6. The van der Waals surface area contributed by atoms with Crippen LogP contribution in [0.2, 0.25) is 0 Å². The van der Waals surface area contributed by atoms with Crippen molar-refractivity contribution in [3.05, 3.63) is 24.3 Å². The highest BCUT2D eigenvalue weighted by Crippen LogP contribution is 2.67. The van der Waals surface area contributed by atoms with Gasteiger partial charge in [-0.3, -0.25) is 9.59 Å². The minimum atomic E-state index is -0.131. The molecule has 0 spiro atoms. The van der Waals surface area contributed by atoms with Crippen molar-refractivity contribution in [2.45, 2.75) is 91.1 Å². The summed E-state index contributed by atoms with van der Waals surface area (Å²) < 4.78 is 5.83. The number of allylic oxidation sites excluding steroid dienone is 2. The Morgan fingerprint density at radius 1 is 1.24 bits per heavy atom. The van der Waals surface area contributed by atoms with E-state index in [1.807, 2.05) is 12.2 Å². The van der Waals surface area contributed by atoms with Crippen molar-refractivity contribution >= 4 is 11.8 Å². The zero-order valence-corrected chi connectivity index (χ0v) is 18.5. The molecular weight excluding hydrogens is 360 g/mol. The average molecular weight is 399 g/mol. The summed E-state index contributed by atoms with van der Waals surface area (Å²) in [6.07, 6.45) is 15.0. The minimum absolute atomic E-state index is 0.0810. The van der Waals surface area contributed by atoms with E-state index < -0.39 is 0 Å². The summed E-state index contributed by atoms with van der Waals surface area (Å²) in [7, 11) is 0. The van der Waals surface area contributed by atoms with E-state index in [0.717, 1.165) is 32.1 Å². The lowest BCUT2D eigenvalue weighted by Gasteiger charge is -2.60. The Labute approximate surface area is 176 Å². The number of carbonyl (C=O) groups is 2. The maximum absolute atomic E-state index is 12.2. The van der Waals surface area contributed by atoms with Gasteiger partial charge in [0.25, 0.3) is 0 Å². The average Bonchev–Trinajstić information content (AvgIpc) is 2.99. The van der Waals surface area contributed by atoms with E-state index >= 15 is 0 Å². The number of fused-ring (bicyclic) bond motifs is 5. The van der Waals surface area contributed by atoms with Gasteiger partial charge >= 0.3 is 5.97 Å². The molecule has 0 heterocycles. The molecule has 0 aromatic rings. The molecule has 0 saturated heterocycles. The van der Waals surface area contributed by atoms with E-state index in [9.17, 15) is 9.59 Å². The van der Waals surface area contributed by atoms with Crippen molar-refractivity contribution in [1.29, 1.82) is 0 Å². The summed E-state index contributed by atoms with van der Waals surface area (Å²) in [5, 5.41) is 0. The summed E-state index contributed by atoms with van der Waals surface area (Å²) in [5.74, 6) is 2.83. The number of unbranched alkanes of at least 4 members (excludes halogenated alkanes) is 1. The summed E-state index contributed by atoms with van der Waals surface area (Å²) in [6, 6.07) is 0. The van der Waals surface area contributed by atoms with Gasteiger partial charge in [0, 0.05) is 18.8 Å². The van der Waals surface area contributed by atoms with Crippen LogP contribution >= 0.6 is 0 Å². The van der Waals surface area contributed by atoms with Gasteiger partial charge in [0.15, 0.2) is 5.78 Å². The molecular formula is C26H38O3. The van der Waals surface area contributed by atoms with Crippen LogP contribution in [0, 0.1) is 34.5 Å². The molecule has 0 aliphatic heterocycles. The third-order valence-corrected chi connectivity index (χ3v) is 9.34. The molecule has 0 bridgehead atoms. The predicted molar refractivity (Wildman–Crippen MR) is 115 cm³/mol. The number of hydrogen-bond donors (Lipinski definition) is 0. The fraction of sp³-hybridized carbons (Fsp3) is 0.769. The highest BCUT2D eigenvalue weighted by atomic mass is 16.5. The third-order valence-electron chi connectivity index (χ3n) is 9.34. The van der Waals surface area contributed by atoms with Crippen LogP contribution in [0.3, 0.4) is 0 Å². The van der Waals surface area contributed by atoms with E-state index in [1.54, 1.807) is 6.92 Å². The molecule has 3 saturated carbocycles. The van der Waals surface area contributed by atoms with Gasteiger partial charge in [0.05, 0.1) is 0 Å². The van der Waals surface area contributed by atoms with E-state index in [-0.39, 0.29) is 22.9 Å². The number of rotatable bonds is 5. The van der Waals surface area contributed by atoms with Crippen LogP contribution in [0.25, 0.3) is 0 Å². The van der Waals surface area contributed by atoms with E-state index in [1.165, 1.54) is 31.3 Å². The van der Waals surface area contributed by atoms with E-state index in [0.29, 0.717) is 35.9 Å². The van der Waals surface area contributed by atoms with E-state index in [2.05, 4.69) is 20.4 Å². The third kappa shape index (κ3) is 3.43. The second kappa shape index (κ2) is 7.71. The Kier molecular flexibility index (Phi) is 5.55. The molecule has 4 aliphatic carbocycles. The summed E-state index contributed by atoms with van der Waals surface area (Å²) in [6.45, 7) is 10.3. The van der Waals surface area contributed by atoms with Crippen LogP contribution in [0.5, 0.6) is 0 Å². The summed E-state index contributed by atoms with van der Waals surface area (Å²) in [5.41, 5.74) is 1.75. The fourth-order valence-electron chi connectivity index (χ4n) is 7.87. The minimum Gasteiger partial charge on any atom is -0.462 e. The van der Waals surface area contributed by atoms with Crippen molar-refractivity contribution in [3.63, 3.8) is 0 Å². The molecule has 0 aromatic heterocycles. The first-order chi connectivity index (χ1) is 13.8. The highest BCUT2D eigenvalue weighted by molar-refractivity contribution is 5.91. The molecule has 7 atom stereocenters. The number of esters is 1. The van der Waals surface area contributed by atoms with Crippen molar-refractivity contribution in [2.24, 2.45) is 34.5 Å². The smallest absolute Gasteiger partial charge is 0.302 e. The van der Waals surface area contributed by atoms with Crippen molar-refractivity contribution in [2.75, 3.05) is 0 Å². The van der Waals surface area contributed by atoms with Crippen LogP contribution in [-0.4, -0.2) is 17.9 Å². The standard InChI is InChI=1S/C26H38O3/c1-5-6-7-8-18-15-19-16-20(28)11-13-25(19,3)22-12-14-26(4)21(24(18)22)9-10-23(26)29-17(2)27/h5,16,18,21-24H,1,6-15H2,2-4H3/t18-,21?,22?,23-,24?,25-,26-/m0/s1. The number of ketones is 1. The summed E-state index contributed by atoms with van der Waals surface area (Å²) in [4.78, 5) is 24.0. The summed E-state index contributed by atoms with van der Waals surface area (Å²) >= 11 is 0. The van der Waals surface area contributed by atoms with Crippen LogP contribution in [0.4, 0.5) is 0 Å². The monoisotopic (exact) mass is 398 g/mol. The highest BCUT2D eigenvalue weighted by Gasteiger charge is 2.61. The molecule has 0 radical (unpaired) electrons. The molecule has 0 aromatic carbocycles. The number of ether oxygens (including phenoxy) is 1. The number of carbonyl (C=O) groups excluding carboxylic acids is 2. The zero-order chi connectivity index (χ0) is 20.8. The Balaban J connectivity index is 1.67. The van der Waals surface area contributed by atoms with Crippen LogP contribution in [0.1, 0.15) is 85.0 Å². The SMILES string of the molecule is C=CCCC[C@H]1CC2=CC(=O)CC[C@]2(C)C2CC[C@@]3(C)C(CC[C@@H]3OC(C)=O)C21. The van der Waals surface area contributed by atoms with Crippen LogP contribution in [0.15, 0.2) is 24.3 Å². The fourth-order valence-corrected chi connectivity index (χ4v) is 7.87. The first-order valence-corrected chi connectivity index (χ1v) is 11.8. The Hall–Kier alpha value is -1.38. The Morgan fingerprint density at radius 2 is 2.03 bits per heavy atom. The van der Waals surface area contributed by atoms with Gasteiger partial charge < -0.3 is 4.74 Å². The molecule has 29 heavy (non-hydrogen) atoms. The molecule has 3 unspecified atom stereocenters. The van der Waals surface area contributed by atoms with Gasteiger partial charge in [-0.2, -0.15) is 0 Å². The van der Waals surface area contributed by atoms with Crippen molar-refractivity contribution in [3.8, 4) is 0 Å². The van der Waals surface area contributed by atoms with Crippen LogP contribution in [-0.2, 0) is 14.3 Å². The van der Waals surface area contributed by atoms with Gasteiger partial charge in [0.1, 0.15) is 6.10 Å². The molecule has 4 aliphatic rings. The topological polar surface area (TPSA) is 43.4 Å². The van der Waals surface area contributed by atoms with Gasteiger partial charge in [-0.25, -0.2) is 0 Å². The first kappa shape index (κ1) is 20.9. The molecule has 3 nitrogen and oxygen atoms in total. The van der Waals surface area contributed by atoms with E-state index in [4.69, 9.17) is 4.74 Å². The number of hydrogen-bond acceptors (Lipinski definition) is 3. The Bertz CT molecular complexity index is 721. The molecule has 160 valence electrons. The zero-order valence-electron chi connectivity index (χ0n) is 18.5. The predicted octanol–water partition coefficient (Wildman–Crippen LogP) is 6.03. The first-order valence-electron chi connectivity index (χ1n) is 11.8. The maximum Gasteiger partial charge on any atom is 0.302 e. The quantitative estimate of drug-likeness (QED) is 0.322. The molecule has 3 heteroatoms. The lowest BCUT2D eigenvalue weighted by Crippen LogP contribution is -2.54. The van der Waals surface area contributed by atoms with Gasteiger partial charge in [-0.15, -0.1) is 6.58 Å².